The van der Waals surface area contributed by atoms with Gasteiger partial charge < -0.3 is 9.47 Å². The van der Waals surface area contributed by atoms with Crippen LogP contribution < -0.4 is 25.2 Å². The number of hydrogen-bond donors (Lipinski definition) is 2. The van der Waals surface area contributed by atoms with Crippen molar-refractivity contribution in [3.05, 3.63) is 52.5 Å². The van der Waals surface area contributed by atoms with Gasteiger partial charge in [-0.1, -0.05) is 24.6 Å². The Bertz CT molecular complexity index is 1010. The van der Waals surface area contributed by atoms with E-state index in [4.69, 9.17) is 21.1 Å². The lowest BCUT2D eigenvalue weighted by molar-refractivity contribution is -0.121. The third kappa shape index (κ3) is 4.81. The standard InChI is InChI=1S/C22H24ClN3O5/c1-4-10-31-18-9-8-14(11-19(18)30-3)21(28)25-24-16-12-20(27)26(22(16)29)17-7-5-6-15(23)13(17)2/h5-9,11,16,24H,4,10,12H2,1-3H3,(H,25,28)/t16-/m0/s1. The molecular formula is C22H24ClN3O5. The fraction of sp³-hybridized carbons (Fsp3) is 0.318. The molecule has 0 saturated carbocycles. The maximum Gasteiger partial charge on any atom is 0.265 e. The summed E-state index contributed by atoms with van der Waals surface area (Å²) in [5, 5.41) is 0.461. The predicted octanol–water partition coefficient (Wildman–Crippen LogP) is 3.01. The Hall–Kier alpha value is -3.10. The number of amides is 3. The van der Waals surface area contributed by atoms with Crippen LogP contribution in [0, 0.1) is 6.92 Å². The highest BCUT2D eigenvalue weighted by Gasteiger charge is 2.40. The Balaban J connectivity index is 1.67. The molecule has 8 nitrogen and oxygen atoms in total. The van der Waals surface area contributed by atoms with Crippen LogP contribution in [0.3, 0.4) is 0 Å². The van der Waals surface area contributed by atoms with Gasteiger partial charge in [-0.05, 0) is 49.2 Å². The average molecular weight is 446 g/mol. The molecule has 164 valence electrons. The molecule has 1 saturated heterocycles. The van der Waals surface area contributed by atoms with Crippen molar-refractivity contribution in [1.29, 1.82) is 0 Å². The first-order valence-corrected chi connectivity index (χ1v) is 10.2. The molecule has 1 aliphatic heterocycles. The first kappa shape index (κ1) is 22.6. The Morgan fingerprint density at radius 2 is 2.00 bits per heavy atom. The monoisotopic (exact) mass is 445 g/mol. The van der Waals surface area contributed by atoms with Gasteiger partial charge in [0.25, 0.3) is 11.8 Å². The molecule has 0 bridgehead atoms. The Kier molecular flexibility index (Phi) is 7.14. The van der Waals surface area contributed by atoms with Crippen LogP contribution >= 0.6 is 11.6 Å². The minimum atomic E-state index is -0.885. The molecular weight excluding hydrogens is 422 g/mol. The molecule has 2 N–H and O–H groups in total. The quantitative estimate of drug-likeness (QED) is 0.479. The van der Waals surface area contributed by atoms with E-state index >= 15 is 0 Å². The number of imide groups is 1. The molecule has 3 rings (SSSR count). The Labute approximate surface area is 185 Å². The Morgan fingerprint density at radius 3 is 2.71 bits per heavy atom. The molecule has 0 aromatic heterocycles. The number of benzene rings is 2. The molecule has 1 heterocycles. The summed E-state index contributed by atoms with van der Waals surface area (Å²) in [5.74, 6) is -0.343. The van der Waals surface area contributed by atoms with E-state index in [2.05, 4.69) is 10.9 Å². The van der Waals surface area contributed by atoms with E-state index in [9.17, 15) is 14.4 Å². The molecule has 3 amide bonds. The lowest BCUT2D eigenvalue weighted by Gasteiger charge is -2.18. The molecule has 0 aliphatic carbocycles. The van der Waals surface area contributed by atoms with Crippen molar-refractivity contribution in [3.63, 3.8) is 0 Å². The summed E-state index contributed by atoms with van der Waals surface area (Å²) >= 11 is 6.12. The number of halogens is 1. The third-order valence-electron chi connectivity index (χ3n) is 4.87. The van der Waals surface area contributed by atoms with Crippen LogP contribution in [0.25, 0.3) is 0 Å². The highest BCUT2D eigenvalue weighted by molar-refractivity contribution is 6.32. The summed E-state index contributed by atoms with van der Waals surface area (Å²) in [6.07, 6.45) is 0.757. The number of hydrogen-bond acceptors (Lipinski definition) is 6. The molecule has 31 heavy (non-hydrogen) atoms. The van der Waals surface area contributed by atoms with Crippen molar-refractivity contribution >= 4 is 35.0 Å². The lowest BCUT2D eigenvalue weighted by atomic mass is 10.2. The van der Waals surface area contributed by atoms with E-state index in [1.807, 2.05) is 6.92 Å². The molecule has 1 atom stereocenters. The summed E-state index contributed by atoms with van der Waals surface area (Å²) < 4.78 is 10.9. The van der Waals surface area contributed by atoms with E-state index < -0.39 is 17.9 Å². The lowest BCUT2D eigenvalue weighted by Crippen LogP contribution is -2.48. The van der Waals surface area contributed by atoms with Crippen molar-refractivity contribution in [3.8, 4) is 11.5 Å². The number of nitrogens with one attached hydrogen (secondary N) is 2. The van der Waals surface area contributed by atoms with Gasteiger partial charge in [-0.2, -0.15) is 0 Å². The summed E-state index contributed by atoms with van der Waals surface area (Å²) in [6.45, 7) is 4.26. The number of ether oxygens (including phenoxy) is 2. The zero-order valence-corrected chi connectivity index (χ0v) is 18.3. The van der Waals surface area contributed by atoms with Crippen molar-refractivity contribution in [2.24, 2.45) is 0 Å². The molecule has 1 aliphatic rings. The van der Waals surface area contributed by atoms with Gasteiger partial charge in [0.1, 0.15) is 6.04 Å². The molecule has 0 radical (unpaired) electrons. The van der Waals surface area contributed by atoms with Gasteiger partial charge in [-0.25, -0.2) is 10.3 Å². The van der Waals surface area contributed by atoms with Crippen molar-refractivity contribution in [2.75, 3.05) is 18.6 Å². The number of nitrogens with zero attached hydrogens (tertiary/aromatic N) is 1. The highest BCUT2D eigenvalue weighted by atomic mass is 35.5. The first-order valence-electron chi connectivity index (χ1n) is 9.86. The number of methoxy groups -OCH3 is 1. The molecule has 2 aromatic carbocycles. The average Bonchev–Trinajstić information content (AvgIpc) is 3.05. The Morgan fingerprint density at radius 1 is 1.23 bits per heavy atom. The minimum Gasteiger partial charge on any atom is -0.493 e. The summed E-state index contributed by atoms with van der Waals surface area (Å²) in [5.41, 5.74) is 6.54. The number of carbonyl (C=O) groups excluding carboxylic acids is 3. The van der Waals surface area contributed by atoms with Crippen molar-refractivity contribution in [1.82, 2.24) is 10.9 Å². The second kappa shape index (κ2) is 9.80. The predicted molar refractivity (Wildman–Crippen MR) is 116 cm³/mol. The van der Waals surface area contributed by atoms with E-state index in [-0.39, 0.29) is 12.3 Å². The topological polar surface area (TPSA) is 97.0 Å². The number of carbonyl (C=O) groups is 3. The third-order valence-corrected chi connectivity index (χ3v) is 5.28. The van der Waals surface area contributed by atoms with Crippen LogP contribution in [-0.2, 0) is 9.59 Å². The second-order valence-electron chi connectivity index (χ2n) is 7.02. The van der Waals surface area contributed by atoms with Gasteiger partial charge in [0.05, 0.1) is 25.8 Å². The van der Waals surface area contributed by atoms with Crippen LogP contribution in [0.2, 0.25) is 5.02 Å². The van der Waals surface area contributed by atoms with Crippen LogP contribution in [0.5, 0.6) is 11.5 Å². The van der Waals surface area contributed by atoms with Gasteiger partial charge >= 0.3 is 0 Å². The maximum absolute atomic E-state index is 12.8. The molecule has 1 fully saturated rings. The van der Waals surface area contributed by atoms with Gasteiger partial charge in [-0.3, -0.25) is 19.8 Å². The maximum atomic E-state index is 12.8. The van der Waals surface area contributed by atoms with E-state index in [0.29, 0.717) is 39.9 Å². The summed E-state index contributed by atoms with van der Waals surface area (Å²) in [4.78, 5) is 38.9. The van der Waals surface area contributed by atoms with Gasteiger partial charge in [0.15, 0.2) is 11.5 Å². The van der Waals surface area contributed by atoms with Crippen LogP contribution in [-0.4, -0.2) is 37.5 Å². The summed E-state index contributed by atoms with van der Waals surface area (Å²) in [6, 6.07) is 8.93. The summed E-state index contributed by atoms with van der Waals surface area (Å²) in [7, 11) is 1.49. The number of anilines is 1. The molecule has 9 heteroatoms. The fourth-order valence-corrected chi connectivity index (χ4v) is 3.37. The van der Waals surface area contributed by atoms with Crippen molar-refractivity contribution < 1.29 is 23.9 Å². The van der Waals surface area contributed by atoms with Crippen LogP contribution in [0.1, 0.15) is 35.7 Å². The van der Waals surface area contributed by atoms with E-state index in [0.717, 1.165) is 11.3 Å². The minimum absolute atomic E-state index is 0.0851. The normalized spacial score (nSPS) is 15.9. The SMILES string of the molecule is CCCOc1ccc(C(=O)NN[C@H]2CC(=O)N(c3cccc(Cl)c3C)C2=O)cc1OC. The highest BCUT2D eigenvalue weighted by Crippen LogP contribution is 2.30. The molecule has 0 spiro atoms. The second-order valence-corrected chi connectivity index (χ2v) is 7.43. The zero-order valence-electron chi connectivity index (χ0n) is 17.5. The largest absolute Gasteiger partial charge is 0.493 e. The van der Waals surface area contributed by atoms with Crippen LogP contribution in [0.15, 0.2) is 36.4 Å². The smallest absolute Gasteiger partial charge is 0.265 e. The number of rotatable bonds is 8. The van der Waals surface area contributed by atoms with Gasteiger partial charge in [0, 0.05) is 10.6 Å². The number of hydrazine groups is 1. The van der Waals surface area contributed by atoms with E-state index in [1.165, 1.54) is 7.11 Å². The van der Waals surface area contributed by atoms with Crippen molar-refractivity contribution in [2.45, 2.75) is 32.7 Å². The fourth-order valence-electron chi connectivity index (χ4n) is 3.20. The molecule has 0 unspecified atom stereocenters. The molecule has 2 aromatic rings. The zero-order chi connectivity index (χ0) is 22.5. The first-order chi connectivity index (χ1) is 14.9. The van der Waals surface area contributed by atoms with Gasteiger partial charge in [-0.15, -0.1) is 0 Å². The van der Waals surface area contributed by atoms with Crippen LogP contribution in [0.4, 0.5) is 5.69 Å². The van der Waals surface area contributed by atoms with E-state index in [1.54, 1.807) is 43.3 Å². The van der Waals surface area contributed by atoms with Gasteiger partial charge in [0.2, 0.25) is 5.91 Å².